The molecule has 2 aromatic rings. The zero-order valence-electron chi connectivity index (χ0n) is 18.3. The van der Waals surface area contributed by atoms with Crippen LogP contribution in [0.25, 0.3) is 0 Å². The molecule has 0 spiro atoms. The van der Waals surface area contributed by atoms with Gasteiger partial charge in [0.1, 0.15) is 5.75 Å². The summed E-state index contributed by atoms with van der Waals surface area (Å²) < 4.78 is 47.9. The minimum atomic E-state index is -4.49. The third-order valence-corrected chi connectivity index (χ3v) is 4.60. The van der Waals surface area contributed by atoms with Crippen LogP contribution >= 0.6 is 0 Å². The van der Waals surface area contributed by atoms with Gasteiger partial charge in [-0.15, -0.1) is 0 Å². The van der Waals surface area contributed by atoms with Gasteiger partial charge in [0, 0.05) is 31.4 Å². The number of halogens is 3. The first-order valence-electron chi connectivity index (χ1n) is 9.91. The normalized spacial score (nSPS) is 12.4. The van der Waals surface area contributed by atoms with E-state index in [0.717, 1.165) is 23.0 Å². The quantitative estimate of drug-likeness (QED) is 0.518. The summed E-state index contributed by atoms with van der Waals surface area (Å²) in [6, 6.07) is 4.00. The molecule has 0 aliphatic rings. The molecule has 9 heteroatoms. The number of aliphatic imine (C=N–C) groups is 1. The van der Waals surface area contributed by atoms with Crippen LogP contribution in [0.4, 0.5) is 13.2 Å². The van der Waals surface area contributed by atoms with Gasteiger partial charge in [0.2, 0.25) is 0 Å². The average molecular weight is 425 g/mol. The molecule has 30 heavy (non-hydrogen) atoms. The number of benzene rings is 1. The smallest absolute Gasteiger partial charge is 0.416 e. The molecule has 0 unspecified atom stereocenters. The third kappa shape index (κ3) is 6.14. The Bertz CT molecular complexity index is 887. The van der Waals surface area contributed by atoms with Gasteiger partial charge in [-0.1, -0.05) is 6.07 Å². The van der Waals surface area contributed by atoms with E-state index in [4.69, 9.17) is 4.74 Å². The van der Waals surface area contributed by atoms with Gasteiger partial charge in [0.05, 0.1) is 23.9 Å². The van der Waals surface area contributed by atoms with Crippen LogP contribution in [0, 0.1) is 13.8 Å². The molecule has 166 valence electrons. The van der Waals surface area contributed by atoms with E-state index in [-0.39, 0.29) is 24.0 Å². The lowest BCUT2D eigenvalue weighted by atomic mass is 10.1. The molecule has 2 N–H and O–H groups in total. The fourth-order valence-corrected chi connectivity index (χ4v) is 3.05. The number of alkyl halides is 3. The van der Waals surface area contributed by atoms with E-state index in [2.05, 4.69) is 20.7 Å². The summed E-state index contributed by atoms with van der Waals surface area (Å²) in [5.74, 6) is 0.633. The molecule has 2 rings (SSSR count). The van der Waals surface area contributed by atoms with Crippen molar-refractivity contribution >= 4 is 5.96 Å². The van der Waals surface area contributed by atoms with Crippen molar-refractivity contribution in [3.63, 3.8) is 0 Å². The van der Waals surface area contributed by atoms with Crippen LogP contribution in [-0.4, -0.2) is 28.4 Å². The number of guanidine groups is 1. The second-order valence-corrected chi connectivity index (χ2v) is 7.31. The van der Waals surface area contributed by atoms with Gasteiger partial charge >= 0.3 is 6.18 Å². The molecule has 1 heterocycles. The molecular formula is C21H30F3N5O. The van der Waals surface area contributed by atoms with Gasteiger partial charge in [0.25, 0.3) is 0 Å². The van der Waals surface area contributed by atoms with Gasteiger partial charge in [-0.05, 0) is 52.3 Å². The van der Waals surface area contributed by atoms with Crippen molar-refractivity contribution in [3.05, 3.63) is 46.3 Å². The summed E-state index contributed by atoms with van der Waals surface area (Å²) in [5.41, 5.74) is 2.31. The molecule has 0 saturated heterocycles. The van der Waals surface area contributed by atoms with Gasteiger partial charge in [-0.25, -0.2) is 4.99 Å². The lowest BCUT2D eigenvalue weighted by Gasteiger charge is -2.16. The minimum Gasteiger partial charge on any atom is -0.491 e. The van der Waals surface area contributed by atoms with Crippen molar-refractivity contribution in [1.29, 1.82) is 0 Å². The Morgan fingerprint density at radius 1 is 1.23 bits per heavy atom. The standard InChI is InChI=1S/C21H30F3N5O/c1-7-25-20(27-12-18-14(4)28-29(6)15(18)5)26-11-16-8-9-17(30-13(2)3)10-19(16)21(22,23)24/h8-10,13H,7,11-12H2,1-6H3,(H2,25,26,27). The van der Waals surface area contributed by atoms with Gasteiger partial charge < -0.3 is 15.4 Å². The Morgan fingerprint density at radius 2 is 1.93 bits per heavy atom. The number of hydrogen-bond donors (Lipinski definition) is 2. The van der Waals surface area contributed by atoms with Crippen LogP contribution in [0.5, 0.6) is 5.75 Å². The first-order valence-corrected chi connectivity index (χ1v) is 9.91. The average Bonchev–Trinajstić information content (AvgIpc) is 2.88. The number of aromatic nitrogens is 2. The van der Waals surface area contributed by atoms with E-state index >= 15 is 0 Å². The predicted molar refractivity (Wildman–Crippen MR) is 112 cm³/mol. The lowest BCUT2D eigenvalue weighted by molar-refractivity contribution is -0.138. The van der Waals surface area contributed by atoms with Crippen molar-refractivity contribution in [2.75, 3.05) is 6.54 Å². The Morgan fingerprint density at radius 3 is 2.47 bits per heavy atom. The van der Waals surface area contributed by atoms with E-state index in [0.29, 0.717) is 19.0 Å². The number of hydrogen-bond acceptors (Lipinski definition) is 3. The molecule has 0 bridgehead atoms. The molecule has 0 aliphatic heterocycles. The highest BCUT2D eigenvalue weighted by atomic mass is 19.4. The Balaban J connectivity index is 2.22. The summed E-state index contributed by atoms with van der Waals surface area (Å²) in [5, 5.41) is 10.6. The maximum absolute atomic E-state index is 13.6. The van der Waals surface area contributed by atoms with E-state index in [1.54, 1.807) is 24.6 Å². The number of nitrogens with one attached hydrogen (secondary N) is 2. The van der Waals surface area contributed by atoms with E-state index in [9.17, 15) is 13.2 Å². The Kier molecular flexibility index (Phi) is 7.75. The van der Waals surface area contributed by atoms with Crippen LogP contribution in [0.2, 0.25) is 0 Å². The summed E-state index contributed by atoms with van der Waals surface area (Å²) in [4.78, 5) is 4.36. The molecule has 6 nitrogen and oxygen atoms in total. The summed E-state index contributed by atoms with van der Waals surface area (Å²) in [7, 11) is 1.87. The summed E-state index contributed by atoms with van der Waals surface area (Å²) in [6.45, 7) is 10.3. The largest absolute Gasteiger partial charge is 0.491 e. The van der Waals surface area contributed by atoms with Crippen LogP contribution < -0.4 is 15.4 Å². The Hall–Kier alpha value is -2.71. The van der Waals surface area contributed by atoms with Crippen molar-refractivity contribution < 1.29 is 17.9 Å². The van der Waals surface area contributed by atoms with E-state index in [1.807, 2.05) is 27.8 Å². The minimum absolute atomic E-state index is 0.0875. The van der Waals surface area contributed by atoms with Gasteiger partial charge in [0.15, 0.2) is 5.96 Å². The third-order valence-electron chi connectivity index (χ3n) is 4.60. The van der Waals surface area contributed by atoms with Crippen LogP contribution in [0.1, 0.15) is 48.8 Å². The fraction of sp³-hybridized carbons (Fsp3) is 0.524. The fourth-order valence-electron chi connectivity index (χ4n) is 3.05. The maximum atomic E-state index is 13.6. The van der Waals surface area contributed by atoms with Crippen LogP contribution in [0.3, 0.4) is 0 Å². The molecular weight excluding hydrogens is 395 g/mol. The zero-order valence-corrected chi connectivity index (χ0v) is 18.3. The van der Waals surface area contributed by atoms with Crippen molar-refractivity contribution in [2.24, 2.45) is 12.0 Å². The second kappa shape index (κ2) is 9.86. The van der Waals surface area contributed by atoms with Gasteiger partial charge in [-0.2, -0.15) is 18.3 Å². The molecule has 1 aromatic heterocycles. The predicted octanol–water partition coefficient (Wildman–Crippen LogP) is 4.10. The highest BCUT2D eigenvalue weighted by Gasteiger charge is 2.33. The Labute approximate surface area is 175 Å². The van der Waals surface area contributed by atoms with Crippen LogP contribution in [0.15, 0.2) is 23.2 Å². The molecule has 1 aromatic carbocycles. The van der Waals surface area contributed by atoms with Crippen molar-refractivity contribution in [1.82, 2.24) is 20.4 Å². The highest BCUT2D eigenvalue weighted by Crippen LogP contribution is 2.35. The summed E-state index contributed by atoms with van der Waals surface area (Å²) in [6.07, 6.45) is -4.70. The number of ether oxygens (including phenoxy) is 1. The highest BCUT2D eigenvalue weighted by molar-refractivity contribution is 5.79. The first-order chi connectivity index (χ1) is 14.0. The number of rotatable bonds is 7. The summed E-state index contributed by atoms with van der Waals surface area (Å²) >= 11 is 0. The number of nitrogens with zero attached hydrogens (tertiary/aromatic N) is 3. The maximum Gasteiger partial charge on any atom is 0.416 e. The SMILES string of the molecule is CCNC(=NCc1ccc(OC(C)C)cc1C(F)(F)F)NCc1c(C)nn(C)c1C. The van der Waals surface area contributed by atoms with Crippen molar-refractivity contribution in [3.8, 4) is 5.75 Å². The molecule has 0 amide bonds. The molecule has 0 saturated carbocycles. The second-order valence-electron chi connectivity index (χ2n) is 7.31. The molecule has 0 atom stereocenters. The molecule has 0 aliphatic carbocycles. The lowest BCUT2D eigenvalue weighted by Crippen LogP contribution is -2.37. The topological polar surface area (TPSA) is 63.5 Å². The first kappa shape index (κ1) is 23.6. The number of aryl methyl sites for hydroxylation is 2. The van der Waals surface area contributed by atoms with Gasteiger partial charge in [-0.3, -0.25) is 4.68 Å². The molecule has 0 fully saturated rings. The molecule has 0 radical (unpaired) electrons. The monoisotopic (exact) mass is 425 g/mol. The zero-order chi connectivity index (χ0) is 22.5. The van der Waals surface area contributed by atoms with Crippen molar-refractivity contribution in [2.45, 2.75) is 60.0 Å². The van der Waals surface area contributed by atoms with Crippen LogP contribution in [-0.2, 0) is 26.3 Å². The van der Waals surface area contributed by atoms with E-state index in [1.165, 1.54) is 6.07 Å². The van der Waals surface area contributed by atoms with E-state index < -0.39 is 11.7 Å².